The predicted octanol–water partition coefficient (Wildman–Crippen LogP) is 3.31. The Kier molecular flexibility index (Phi) is 5.26. The summed E-state index contributed by atoms with van der Waals surface area (Å²) in [5.74, 6) is -0.872. The van der Waals surface area contributed by atoms with Crippen molar-refractivity contribution in [1.82, 2.24) is 19.7 Å². The third-order valence-electron chi connectivity index (χ3n) is 3.57. The molecule has 126 valence electrons. The summed E-state index contributed by atoms with van der Waals surface area (Å²) in [6, 6.07) is 9.95. The van der Waals surface area contributed by atoms with Gasteiger partial charge in [0.25, 0.3) is 0 Å². The highest BCUT2D eigenvalue weighted by Crippen LogP contribution is 2.26. The number of hydrogen-bond acceptors (Lipinski definition) is 7. The number of benzene rings is 1. The lowest BCUT2D eigenvalue weighted by atomic mass is 10.1. The van der Waals surface area contributed by atoms with Gasteiger partial charge in [0.1, 0.15) is 11.3 Å². The SMILES string of the molecule is Cc1csc([C@H](C#N)C(=O)CSc2nncn2-c2ccccc2C)n1. The normalized spacial score (nSPS) is 11.9. The Morgan fingerprint density at radius 2 is 2.20 bits per heavy atom. The van der Waals surface area contributed by atoms with E-state index in [9.17, 15) is 10.1 Å². The van der Waals surface area contributed by atoms with Crippen LogP contribution in [-0.2, 0) is 4.79 Å². The van der Waals surface area contributed by atoms with Crippen molar-refractivity contribution in [1.29, 1.82) is 5.26 Å². The zero-order chi connectivity index (χ0) is 17.8. The monoisotopic (exact) mass is 369 g/mol. The molecule has 2 aromatic heterocycles. The van der Waals surface area contributed by atoms with E-state index in [4.69, 9.17) is 0 Å². The molecule has 25 heavy (non-hydrogen) atoms. The van der Waals surface area contributed by atoms with Gasteiger partial charge in [0.2, 0.25) is 0 Å². The Bertz CT molecular complexity index is 940. The quantitative estimate of drug-likeness (QED) is 0.620. The van der Waals surface area contributed by atoms with Crippen LogP contribution in [-0.4, -0.2) is 31.3 Å². The van der Waals surface area contributed by atoms with E-state index in [2.05, 4.69) is 21.3 Å². The highest BCUT2D eigenvalue weighted by molar-refractivity contribution is 7.99. The largest absolute Gasteiger partial charge is 0.297 e. The molecule has 3 aromatic rings. The molecular formula is C17H15N5OS2. The van der Waals surface area contributed by atoms with E-state index in [0.29, 0.717) is 10.2 Å². The molecule has 0 fully saturated rings. The van der Waals surface area contributed by atoms with Crippen molar-refractivity contribution in [3.63, 3.8) is 0 Å². The Balaban J connectivity index is 1.74. The van der Waals surface area contributed by atoms with E-state index in [1.807, 2.05) is 48.1 Å². The van der Waals surface area contributed by atoms with Crippen molar-refractivity contribution in [2.24, 2.45) is 0 Å². The standard InChI is InChI=1S/C17H15N5OS2/c1-11-5-3-4-6-14(11)22-10-19-21-17(22)25-9-15(23)13(7-18)16-20-12(2)8-24-16/h3-6,8,10,13H,9H2,1-2H3/t13-/m1/s1. The second-order valence-electron chi connectivity index (χ2n) is 5.41. The molecule has 0 saturated heterocycles. The van der Waals surface area contributed by atoms with Gasteiger partial charge in [-0.05, 0) is 25.5 Å². The first-order valence-electron chi connectivity index (χ1n) is 7.53. The maximum atomic E-state index is 12.5. The maximum Gasteiger partial charge on any atom is 0.196 e. The minimum atomic E-state index is -0.832. The lowest BCUT2D eigenvalue weighted by molar-refractivity contribution is -0.116. The number of carbonyl (C=O) groups is 1. The molecule has 8 heteroatoms. The number of nitrogens with zero attached hydrogens (tertiary/aromatic N) is 5. The molecule has 0 spiro atoms. The molecule has 1 atom stereocenters. The summed E-state index contributed by atoms with van der Waals surface area (Å²) in [5.41, 5.74) is 2.87. The molecule has 0 aliphatic heterocycles. The number of para-hydroxylation sites is 1. The number of aryl methyl sites for hydroxylation is 2. The molecule has 0 unspecified atom stereocenters. The molecule has 0 aliphatic rings. The van der Waals surface area contributed by atoms with Crippen LogP contribution < -0.4 is 0 Å². The average Bonchev–Trinajstić information content (AvgIpc) is 3.23. The van der Waals surface area contributed by atoms with Gasteiger partial charge in [-0.1, -0.05) is 30.0 Å². The molecule has 2 heterocycles. The third kappa shape index (κ3) is 3.78. The number of carbonyl (C=O) groups excluding carboxylic acids is 1. The number of nitriles is 1. The minimum absolute atomic E-state index is 0.140. The van der Waals surface area contributed by atoms with Gasteiger partial charge < -0.3 is 0 Å². The summed E-state index contributed by atoms with van der Waals surface area (Å²) in [5, 5.41) is 20.4. The van der Waals surface area contributed by atoms with Crippen molar-refractivity contribution in [3.8, 4) is 11.8 Å². The second kappa shape index (κ2) is 7.59. The van der Waals surface area contributed by atoms with Crippen molar-refractivity contribution in [2.75, 3.05) is 5.75 Å². The highest BCUT2D eigenvalue weighted by atomic mass is 32.2. The maximum absolute atomic E-state index is 12.5. The Labute approximate surface area is 153 Å². The summed E-state index contributed by atoms with van der Waals surface area (Å²) >= 11 is 2.62. The topological polar surface area (TPSA) is 84.5 Å². The van der Waals surface area contributed by atoms with Gasteiger partial charge in [-0.3, -0.25) is 9.36 Å². The molecule has 1 aromatic carbocycles. The van der Waals surface area contributed by atoms with E-state index in [1.165, 1.54) is 23.1 Å². The molecule has 0 aliphatic carbocycles. The zero-order valence-corrected chi connectivity index (χ0v) is 15.3. The number of hydrogen-bond donors (Lipinski definition) is 0. The number of aromatic nitrogens is 4. The van der Waals surface area contributed by atoms with Crippen LogP contribution in [0.15, 0.2) is 41.1 Å². The molecule has 6 nitrogen and oxygen atoms in total. The lowest BCUT2D eigenvalue weighted by Crippen LogP contribution is -2.13. The van der Waals surface area contributed by atoms with E-state index in [0.717, 1.165) is 16.9 Å². The van der Waals surface area contributed by atoms with Crippen LogP contribution >= 0.6 is 23.1 Å². The van der Waals surface area contributed by atoms with Crippen LogP contribution in [0.3, 0.4) is 0 Å². The van der Waals surface area contributed by atoms with Gasteiger partial charge in [-0.25, -0.2) is 4.98 Å². The first-order valence-corrected chi connectivity index (χ1v) is 9.40. The lowest BCUT2D eigenvalue weighted by Gasteiger charge is -2.09. The third-order valence-corrected chi connectivity index (χ3v) is 5.56. The Morgan fingerprint density at radius 1 is 1.40 bits per heavy atom. The van der Waals surface area contributed by atoms with Gasteiger partial charge >= 0.3 is 0 Å². The highest BCUT2D eigenvalue weighted by Gasteiger charge is 2.24. The van der Waals surface area contributed by atoms with E-state index in [-0.39, 0.29) is 11.5 Å². The van der Waals surface area contributed by atoms with Gasteiger partial charge in [0.15, 0.2) is 16.9 Å². The predicted molar refractivity (Wildman–Crippen MR) is 97.0 cm³/mol. The summed E-state index contributed by atoms with van der Waals surface area (Å²) < 4.78 is 1.85. The number of Topliss-reactive ketones (excluding diaryl/α,β-unsaturated/α-hetero) is 1. The fraction of sp³-hybridized carbons (Fsp3) is 0.235. The van der Waals surface area contributed by atoms with Gasteiger partial charge in [-0.15, -0.1) is 21.5 Å². The molecular weight excluding hydrogens is 354 g/mol. The van der Waals surface area contributed by atoms with Gasteiger partial charge in [-0.2, -0.15) is 5.26 Å². The number of rotatable bonds is 6. The van der Waals surface area contributed by atoms with E-state index < -0.39 is 5.92 Å². The molecule has 0 bridgehead atoms. The second-order valence-corrected chi connectivity index (χ2v) is 7.25. The summed E-state index contributed by atoms with van der Waals surface area (Å²) in [4.78, 5) is 16.7. The van der Waals surface area contributed by atoms with Crippen LogP contribution in [0, 0.1) is 25.2 Å². The van der Waals surface area contributed by atoms with Crippen LogP contribution in [0.5, 0.6) is 0 Å². The van der Waals surface area contributed by atoms with Crippen LogP contribution in [0.1, 0.15) is 22.2 Å². The number of thioether (sulfide) groups is 1. The summed E-state index contributed by atoms with van der Waals surface area (Å²) in [6.07, 6.45) is 1.63. The van der Waals surface area contributed by atoms with Crippen molar-refractivity contribution in [3.05, 3.63) is 52.2 Å². The minimum Gasteiger partial charge on any atom is -0.297 e. The number of ketones is 1. The van der Waals surface area contributed by atoms with Crippen molar-refractivity contribution < 1.29 is 4.79 Å². The van der Waals surface area contributed by atoms with Crippen molar-refractivity contribution >= 4 is 28.9 Å². The van der Waals surface area contributed by atoms with Crippen molar-refractivity contribution in [2.45, 2.75) is 24.9 Å². The fourth-order valence-corrected chi connectivity index (χ4v) is 4.00. The van der Waals surface area contributed by atoms with Crippen LogP contribution in [0.2, 0.25) is 0 Å². The Hall–Kier alpha value is -2.50. The number of thiazole rings is 1. The van der Waals surface area contributed by atoms with Gasteiger partial charge in [0.05, 0.1) is 17.5 Å². The average molecular weight is 369 g/mol. The van der Waals surface area contributed by atoms with E-state index in [1.54, 1.807) is 6.33 Å². The van der Waals surface area contributed by atoms with Crippen LogP contribution in [0.4, 0.5) is 0 Å². The fourth-order valence-electron chi connectivity index (χ4n) is 2.31. The molecule has 0 radical (unpaired) electrons. The molecule has 0 N–H and O–H groups in total. The first-order chi connectivity index (χ1) is 12.1. The van der Waals surface area contributed by atoms with Crippen LogP contribution in [0.25, 0.3) is 5.69 Å². The molecule has 3 rings (SSSR count). The van der Waals surface area contributed by atoms with E-state index >= 15 is 0 Å². The zero-order valence-electron chi connectivity index (χ0n) is 13.7. The summed E-state index contributed by atoms with van der Waals surface area (Å²) in [7, 11) is 0. The smallest absolute Gasteiger partial charge is 0.196 e. The molecule has 0 amide bonds. The Morgan fingerprint density at radius 3 is 2.88 bits per heavy atom. The first kappa shape index (κ1) is 17.3. The van der Waals surface area contributed by atoms with Gasteiger partial charge in [0, 0.05) is 11.1 Å². The summed E-state index contributed by atoms with van der Waals surface area (Å²) in [6.45, 7) is 3.85. The molecule has 0 saturated carbocycles.